The molecule has 2 aromatic carbocycles. The average Bonchev–Trinajstić information content (AvgIpc) is 4.11. The average molecular weight is 1130 g/mol. The minimum absolute atomic E-state index is 0. The lowest BCUT2D eigenvalue weighted by Crippen LogP contribution is -2.34. The molecule has 3 aliphatic heterocycles. The van der Waals surface area contributed by atoms with Crippen molar-refractivity contribution in [3.8, 4) is 0 Å². The first-order valence-electron chi connectivity index (χ1n) is 20.3. The highest BCUT2D eigenvalue weighted by atomic mass is 35.5. The minimum atomic E-state index is -4.53. The minimum Gasteiger partial charge on any atom is -0.387 e. The summed E-state index contributed by atoms with van der Waals surface area (Å²) in [6, 6.07) is 12.7. The number of hydrogen-bond acceptors (Lipinski definition) is 16. The second-order valence-corrected chi connectivity index (χ2v) is 18.0. The van der Waals surface area contributed by atoms with E-state index in [1.807, 2.05) is 30.7 Å². The maximum atomic E-state index is 12.3. The topological polar surface area (TPSA) is 236 Å². The van der Waals surface area contributed by atoms with E-state index in [0.29, 0.717) is 37.4 Å². The van der Waals surface area contributed by atoms with Crippen molar-refractivity contribution in [1.29, 1.82) is 0 Å². The second kappa shape index (κ2) is 22.9. The van der Waals surface area contributed by atoms with Gasteiger partial charge in [0.25, 0.3) is 0 Å². The van der Waals surface area contributed by atoms with Gasteiger partial charge in [-0.3, -0.25) is 9.68 Å². The summed E-state index contributed by atoms with van der Waals surface area (Å²) in [5.74, 6) is 3.23. The van der Waals surface area contributed by atoms with Crippen LogP contribution < -0.4 is 11.4 Å². The number of benzene rings is 2. The second-order valence-electron chi connectivity index (χ2n) is 16.0. The van der Waals surface area contributed by atoms with Crippen molar-refractivity contribution in [2.45, 2.75) is 93.3 Å². The molecule has 3 fully saturated rings. The highest BCUT2D eigenvalue weighted by molar-refractivity contribution is 6.42. The first kappa shape index (κ1) is 56.7. The number of nitrogens with zero attached hydrogens (tertiary/aromatic N) is 6. The van der Waals surface area contributed by atoms with Crippen LogP contribution in [0.4, 0.5) is 32.2 Å². The molecule has 9 rings (SSSR count). The van der Waals surface area contributed by atoms with Crippen molar-refractivity contribution in [3.63, 3.8) is 0 Å². The predicted octanol–water partition coefficient (Wildman–Crippen LogP) is 8.40. The van der Waals surface area contributed by atoms with Gasteiger partial charge < -0.3 is 48.5 Å². The molecule has 0 spiro atoms. The standard InChI is InChI=1S/C20H18Cl3N3O4.C19H17Cl2F3N4O5.C2H4F3NO.ClH/c1-20(2)29-15-14(13(27)9-3-4-11(21)12(22)7-9)28-19(16(15)30-20)26-6-5-10-17(23)24-8-25-18(10)26;20-10-2-1-8(5-11(10)21)12(29)15-13(30)14(31)18(33-15)28-4-3-9-16(25-7-26-17(9)28)27-32-6-19(22,23)24;3-2(4,5)1-7-6;/h3-8,13-16,19,27H,1-2H3;1-5,7,12-15,18,29-31H,6H2,(H,25,26,27);1,6H2;1H/t13-,14-,15-,16-,19-;12-,13+,14-,15-,18-;;/m11../s1. The van der Waals surface area contributed by atoms with E-state index >= 15 is 0 Å². The molecule has 18 nitrogen and oxygen atoms in total. The van der Waals surface area contributed by atoms with Crippen molar-refractivity contribution < 1.29 is 75.4 Å². The zero-order chi connectivity index (χ0) is 51.0. The molecule has 0 amide bonds. The quantitative estimate of drug-likeness (QED) is 0.0429. The fourth-order valence-corrected chi connectivity index (χ4v) is 8.52. The molecule has 3 aliphatic rings. The Balaban J connectivity index is 0.000000203. The van der Waals surface area contributed by atoms with Crippen LogP contribution >= 0.6 is 70.4 Å². The van der Waals surface area contributed by atoms with Crippen LogP contribution in [0.1, 0.15) is 49.6 Å². The highest BCUT2D eigenvalue weighted by Gasteiger charge is 2.58. The molecule has 7 heterocycles. The lowest BCUT2D eigenvalue weighted by molar-refractivity contribution is -0.207. The molecular formula is C41H40Cl6F6N8O10. The molecule has 7 N–H and O–H groups in total. The summed E-state index contributed by atoms with van der Waals surface area (Å²) in [6.07, 6.45) is -13.0. The number of fused-ring (bicyclic) bond motifs is 3. The number of aliphatic hydroxyl groups excluding tert-OH is 4. The summed E-state index contributed by atoms with van der Waals surface area (Å²) in [6.45, 7) is 0.743. The zero-order valence-electron chi connectivity index (χ0n) is 36.2. The largest absolute Gasteiger partial charge is 0.414 e. The van der Waals surface area contributed by atoms with Gasteiger partial charge in [-0.25, -0.2) is 31.3 Å². The first-order valence-corrected chi connectivity index (χ1v) is 22.2. The zero-order valence-corrected chi connectivity index (χ0v) is 40.8. The third kappa shape index (κ3) is 13.0. The van der Waals surface area contributed by atoms with Gasteiger partial charge in [-0.15, -0.1) is 12.4 Å². The summed E-state index contributed by atoms with van der Waals surface area (Å²) >= 11 is 30.2. The fourth-order valence-electron chi connectivity index (χ4n) is 7.72. The third-order valence-corrected chi connectivity index (χ3v) is 12.5. The van der Waals surface area contributed by atoms with Crippen molar-refractivity contribution in [1.82, 2.24) is 29.1 Å². The van der Waals surface area contributed by atoms with Crippen LogP contribution in [-0.4, -0.2) is 117 Å². The van der Waals surface area contributed by atoms with Gasteiger partial charge in [-0.05, 0) is 61.4 Å². The molecule has 30 heteroatoms. The molecule has 3 saturated heterocycles. The predicted molar refractivity (Wildman–Crippen MR) is 246 cm³/mol. The number of ether oxygens (including phenoxy) is 4. The Morgan fingerprint density at radius 1 is 0.690 bits per heavy atom. The van der Waals surface area contributed by atoms with E-state index < -0.39 is 92.6 Å². The normalized spacial score (nSPS) is 24.6. The summed E-state index contributed by atoms with van der Waals surface area (Å²) in [7, 11) is 0. The Bertz CT molecular complexity index is 2780. The number of nitrogens with two attached hydrogens (primary N) is 1. The van der Waals surface area contributed by atoms with Gasteiger partial charge in [0.2, 0.25) is 0 Å². The number of nitrogens with one attached hydrogen (secondary N) is 1. The highest BCUT2D eigenvalue weighted by Crippen LogP contribution is 2.48. The van der Waals surface area contributed by atoms with Crippen LogP contribution in [0, 0.1) is 0 Å². The number of alkyl halides is 6. The summed E-state index contributed by atoms with van der Waals surface area (Å²) < 4.78 is 97.0. The number of anilines is 1. The van der Waals surface area contributed by atoms with Gasteiger partial charge in [0.1, 0.15) is 77.9 Å². The lowest BCUT2D eigenvalue weighted by Gasteiger charge is -2.27. The number of aliphatic hydroxyl groups is 4. The molecule has 0 bridgehead atoms. The van der Waals surface area contributed by atoms with Gasteiger partial charge in [0.15, 0.2) is 37.3 Å². The summed E-state index contributed by atoms with van der Waals surface area (Å²) in [5.41, 5.74) is 3.81. The van der Waals surface area contributed by atoms with Crippen LogP contribution in [0.5, 0.6) is 0 Å². The molecule has 0 radical (unpaired) electrons. The molecule has 71 heavy (non-hydrogen) atoms. The Morgan fingerprint density at radius 2 is 1.20 bits per heavy atom. The molecule has 388 valence electrons. The van der Waals surface area contributed by atoms with Crippen molar-refractivity contribution in [3.05, 3.63) is 110 Å². The number of aromatic nitrogens is 6. The maximum absolute atomic E-state index is 12.3. The lowest BCUT2D eigenvalue weighted by atomic mass is 9.99. The molecule has 4 aromatic heterocycles. The summed E-state index contributed by atoms with van der Waals surface area (Å²) in [4.78, 5) is 24.0. The van der Waals surface area contributed by atoms with Crippen molar-refractivity contribution in [2.24, 2.45) is 5.90 Å². The Kier molecular flexibility index (Phi) is 18.2. The molecule has 0 saturated carbocycles. The molecule has 0 unspecified atom stereocenters. The van der Waals surface area contributed by atoms with Crippen LogP contribution in [0.3, 0.4) is 0 Å². The molecule has 0 aliphatic carbocycles. The van der Waals surface area contributed by atoms with Gasteiger partial charge in [-0.1, -0.05) is 70.1 Å². The van der Waals surface area contributed by atoms with Gasteiger partial charge in [0, 0.05) is 12.4 Å². The first-order chi connectivity index (χ1) is 32.9. The van der Waals surface area contributed by atoms with E-state index in [1.165, 1.54) is 41.4 Å². The Morgan fingerprint density at radius 3 is 1.75 bits per heavy atom. The van der Waals surface area contributed by atoms with Crippen LogP contribution in [0.25, 0.3) is 22.1 Å². The summed E-state index contributed by atoms with van der Waals surface area (Å²) in [5, 5.41) is 45.5. The Hall–Kier alpha value is -3.64. The fraction of sp³-hybridized carbons (Fsp3) is 0.415. The van der Waals surface area contributed by atoms with E-state index in [9.17, 15) is 46.8 Å². The van der Waals surface area contributed by atoms with E-state index in [0.717, 1.165) is 6.33 Å². The van der Waals surface area contributed by atoms with Gasteiger partial charge in [0.05, 0.1) is 30.9 Å². The van der Waals surface area contributed by atoms with Crippen LogP contribution in [0.2, 0.25) is 25.2 Å². The van der Waals surface area contributed by atoms with Gasteiger partial charge >= 0.3 is 12.4 Å². The van der Waals surface area contributed by atoms with Crippen LogP contribution in [-0.2, 0) is 28.6 Å². The van der Waals surface area contributed by atoms with Crippen molar-refractivity contribution >= 4 is 98.3 Å². The SMILES string of the molecule is CC1(C)O[C@H]2[C@@H](O1)[C@H](n1ccc3c(Cl)ncnc31)O[C@@H]2[C@H](O)c1ccc(Cl)c(Cl)c1.Cl.NOCC(F)(F)F.O[C@@H]1[C@H](O)[C@@H]([C@H](O)c2ccc(Cl)c(Cl)c2)O[C@H]1n1ccc2c(NOCC(F)(F)F)ncnc21. The number of hydrogen-bond donors (Lipinski definition) is 6. The van der Waals surface area contributed by atoms with E-state index in [4.69, 9.17) is 77.0 Å². The van der Waals surface area contributed by atoms with Crippen LogP contribution in [0.15, 0.2) is 73.6 Å². The third-order valence-electron chi connectivity index (χ3n) is 10.7. The molecule has 6 aromatic rings. The van der Waals surface area contributed by atoms with Crippen molar-refractivity contribution in [2.75, 3.05) is 18.7 Å². The molecular weight excluding hydrogens is 1090 g/mol. The number of rotatable bonds is 10. The van der Waals surface area contributed by atoms with E-state index in [2.05, 4.69) is 41.0 Å². The van der Waals surface area contributed by atoms with E-state index in [-0.39, 0.29) is 39.3 Å². The maximum Gasteiger partial charge on any atom is 0.414 e. The smallest absolute Gasteiger partial charge is 0.387 e. The van der Waals surface area contributed by atoms with E-state index in [1.54, 1.807) is 18.2 Å². The molecule has 10 atom stereocenters. The Labute approximate surface area is 428 Å². The number of halogens is 12. The monoisotopic (exact) mass is 1130 g/mol. The van der Waals surface area contributed by atoms with Gasteiger partial charge in [-0.2, -0.15) is 26.3 Å².